The summed E-state index contributed by atoms with van der Waals surface area (Å²) in [4.78, 5) is -1.05. The molecule has 14 heavy (non-hydrogen) atoms. The lowest BCUT2D eigenvalue weighted by molar-refractivity contribution is 0.462. The van der Waals surface area contributed by atoms with E-state index in [1.807, 2.05) is 0 Å². The zero-order valence-corrected chi connectivity index (χ0v) is 8.17. The van der Waals surface area contributed by atoms with Crippen molar-refractivity contribution in [2.24, 2.45) is 0 Å². The van der Waals surface area contributed by atoms with Crippen LogP contribution in [0.15, 0.2) is 17.0 Å². The van der Waals surface area contributed by atoms with E-state index in [0.29, 0.717) is 12.1 Å². The van der Waals surface area contributed by atoms with Crippen molar-refractivity contribution in [1.82, 2.24) is 0 Å². The van der Waals surface area contributed by atoms with Crippen LogP contribution in [-0.2, 0) is 15.7 Å². The largest absolute Gasteiger partial charge is 0.264 e. The quantitative estimate of drug-likeness (QED) is 0.749. The molecule has 0 aliphatic rings. The van der Waals surface area contributed by atoms with Gasteiger partial charge in [0.05, 0.1) is 0 Å². The Hall–Kier alpha value is -0.750. The summed E-state index contributed by atoms with van der Waals surface area (Å²) < 4.78 is 59.0. The predicted octanol–water partition coefficient (Wildman–Crippen LogP) is 2.36. The van der Waals surface area contributed by atoms with Crippen molar-refractivity contribution in [2.45, 2.75) is 11.6 Å². The number of hydrogen-bond acceptors (Lipinski definition) is 2. The lowest BCUT2D eigenvalue weighted by atomic mass is 10.2. The maximum atomic E-state index is 12.9. The van der Waals surface area contributed by atoms with E-state index in [0.717, 1.165) is 0 Å². The molecule has 0 fully saturated rings. The van der Waals surface area contributed by atoms with Crippen LogP contribution < -0.4 is 0 Å². The second kappa shape index (κ2) is 3.78. The van der Waals surface area contributed by atoms with Gasteiger partial charge in [-0.1, -0.05) is 0 Å². The van der Waals surface area contributed by atoms with Crippen LogP contribution >= 0.6 is 10.7 Å². The van der Waals surface area contributed by atoms with Crippen molar-refractivity contribution in [2.75, 3.05) is 0 Å². The first-order valence-corrected chi connectivity index (χ1v) is 5.65. The van der Waals surface area contributed by atoms with Crippen LogP contribution in [0, 0.1) is 11.6 Å². The van der Waals surface area contributed by atoms with Crippen molar-refractivity contribution in [1.29, 1.82) is 0 Å². The van der Waals surface area contributed by atoms with Gasteiger partial charge in [-0.25, -0.2) is 21.6 Å². The Morgan fingerprint density at radius 1 is 1.29 bits per heavy atom. The molecule has 0 atom stereocenters. The third-order valence-electron chi connectivity index (χ3n) is 1.47. The normalized spacial score (nSPS) is 11.7. The molecule has 2 nitrogen and oxygen atoms in total. The fraction of sp³-hybridized carbons (Fsp3) is 0.143. The monoisotopic (exact) mass is 244 g/mol. The number of benzene rings is 1. The van der Waals surface area contributed by atoms with Gasteiger partial charge in [-0.3, -0.25) is 0 Å². The highest BCUT2D eigenvalue weighted by Crippen LogP contribution is 2.23. The maximum absolute atomic E-state index is 12.9. The molecule has 0 N–H and O–H groups in total. The van der Waals surface area contributed by atoms with E-state index in [9.17, 15) is 21.6 Å². The maximum Gasteiger partial charge on any atom is 0.264 e. The molecule has 7 heteroatoms. The first-order valence-electron chi connectivity index (χ1n) is 3.35. The van der Waals surface area contributed by atoms with Crippen LogP contribution in [0.1, 0.15) is 5.56 Å². The molecule has 0 unspecified atom stereocenters. The molecule has 78 valence electrons. The van der Waals surface area contributed by atoms with Crippen molar-refractivity contribution >= 4 is 19.7 Å². The van der Waals surface area contributed by atoms with Crippen molar-refractivity contribution in [3.8, 4) is 0 Å². The van der Waals surface area contributed by atoms with Crippen LogP contribution in [0.2, 0.25) is 0 Å². The molecule has 0 heterocycles. The fourth-order valence-electron chi connectivity index (χ4n) is 0.872. The highest BCUT2D eigenvalue weighted by atomic mass is 35.7. The molecule has 0 aromatic heterocycles. The molecule has 0 bridgehead atoms. The smallest absolute Gasteiger partial charge is 0.246 e. The van der Waals surface area contributed by atoms with Crippen LogP contribution in [0.5, 0.6) is 0 Å². The topological polar surface area (TPSA) is 34.1 Å². The highest BCUT2D eigenvalue weighted by molar-refractivity contribution is 8.13. The summed E-state index contributed by atoms with van der Waals surface area (Å²) in [6.07, 6.45) is 0. The molecule has 0 saturated heterocycles. The summed E-state index contributed by atoms with van der Waals surface area (Å²) in [6.45, 7) is -1.10. The predicted molar refractivity (Wildman–Crippen MR) is 44.2 cm³/mol. The minimum atomic E-state index is -4.40. The average molecular weight is 245 g/mol. The van der Waals surface area contributed by atoms with Crippen LogP contribution in [0.4, 0.5) is 13.2 Å². The summed E-state index contributed by atoms with van der Waals surface area (Å²) in [5, 5.41) is 0. The number of halogens is 4. The summed E-state index contributed by atoms with van der Waals surface area (Å²) in [5.74, 6) is -3.04. The molecule has 0 amide bonds. The molecular weight excluding hydrogens is 241 g/mol. The molecule has 1 aromatic rings. The van der Waals surface area contributed by atoms with Crippen LogP contribution in [-0.4, -0.2) is 8.42 Å². The van der Waals surface area contributed by atoms with Gasteiger partial charge in [-0.05, 0) is 17.7 Å². The molecule has 0 aliphatic carbocycles. The van der Waals surface area contributed by atoms with Gasteiger partial charge >= 0.3 is 0 Å². The van der Waals surface area contributed by atoms with E-state index in [4.69, 9.17) is 10.7 Å². The van der Waals surface area contributed by atoms with Gasteiger partial charge in [0.15, 0.2) is 11.6 Å². The Kier molecular flexibility index (Phi) is 3.06. The van der Waals surface area contributed by atoms with Crippen LogP contribution in [0.3, 0.4) is 0 Å². The molecule has 0 spiro atoms. The third-order valence-corrected chi connectivity index (χ3v) is 2.79. The zero-order valence-electron chi connectivity index (χ0n) is 6.60. The highest BCUT2D eigenvalue weighted by Gasteiger charge is 2.20. The Morgan fingerprint density at radius 3 is 2.29 bits per heavy atom. The Labute approximate surface area is 82.7 Å². The summed E-state index contributed by atoms with van der Waals surface area (Å²) in [6, 6.07) is 1.22. The SMILES string of the molecule is O=S(=O)(Cl)c1cc(CF)cc(F)c1F. The van der Waals surface area contributed by atoms with Crippen molar-refractivity contribution in [3.05, 3.63) is 29.3 Å². The fourth-order valence-corrected chi connectivity index (χ4v) is 1.81. The second-order valence-electron chi connectivity index (χ2n) is 2.46. The molecule has 1 rings (SSSR count). The summed E-state index contributed by atoms with van der Waals surface area (Å²) >= 11 is 0. The Bertz CT molecular complexity index is 458. The van der Waals surface area contributed by atoms with Gasteiger partial charge < -0.3 is 0 Å². The molecule has 0 radical (unpaired) electrons. The molecular formula is C7H4ClF3O2S. The van der Waals surface area contributed by atoms with E-state index < -0.39 is 32.3 Å². The number of hydrogen-bond donors (Lipinski definition) is 0. The van der Waals surface area contributed by atoms with Crippen molar-refractivity contribution < 1.29 is 21.6 Å². The zero-order chi connectivity index (χ0) is 10.9. The van der Waals surface area contributed by atoms with E-state index in [-0.39, 0.29) is 5.56 Å². The molecule has 1 aromatic carbocycles. The first kappa shape index (κ1) is 11.3. The van der Waals surface area contributed by atoms with Gasteiger partial charge in [0.25, 0.3) is 9.05 Å². The standard InChI is InChI=1S/C7H4ClF3O2S/c8-14(12,13)6-2-4(3-9)1-5(10)7(6)11/h1-2H,3H2. The number of rotatable bonds is 2. The van der Waals surface area contributed by atoms with E-state index in [2.05, 4.69) is 0 Å². The number of alkyl halides is 1. The third kappa shape index (κ3) is 2.19. The van der Waals surface area contributed by atoms with Gasteiger partial charge in [0, 0.05) is 10.7 Å². The van der Waals surface area contributed by atoms with Gasteiger partial charge in [-0.2, -0.15) is 0 Å². The minimum Gasteiger partial charge on any atom is -0.246 e. The Balaban J connectivity index is 3.51. The van der Waals surface area contributed by atoms with Gasteiger partial charge in [0.2, 0.25) is 0 Å². The first-order chi connectivity index (χ1) is 6.36. The van der Waals surface area contributed by atoms with E-state index in [1.54, 1.807) is 0 Å². The minimum absolute atomic E-state index is 0.289. The van der Waals surface area contributed by atoms with Crippen LogP contribution in [0.25, 0.3) is 0 Å². The van der Waals surface area contributed by atoms with Crippen molar-refractivity contribution in [3.63, 3.8) is 0 Å². The second-order valence-corrected chi connectivity index (χ2v) is 5.00. The van der Waals surface area contributed by atoms with E-state index >= 15 is 0 Å². The van der Waals surface area contributed by atoms with Gasteiger partial charge in [0.1, 0.15) is 11.6 Å². The summed E-state index contributed by atoms with van der Waals surface area (Å²) in [5.41, 5.74) is -0.289. The Morgan fingerprint density at radius 2 is 1.86 bits per heavy atom. The molecule has 0 saturated carbocycles. The lowest BCUT2D eigenvalue weighted by Crippen LogP contribution is -2.00. The molecule has 0 aliphatic heterocycles. The lowest BCUT2D eigenvalue weighted by Gasteiger charge is -2.02. The van der Waals surface area contributed by atoms with E-state index in [1.165, 1.54) is 0 Å². The van der Waals surface area contributed by atoms with Gasteiger partial charge in [-0.15, -0.1) is 0 Å². The average Bonchev–Trinajstić information content (AvgIpc) is 2.07. The summed E-state index contributed by atoms with van der Waals surface area (Å²) in [7, 11) is 0.410.